The third-order valence-electron chi connectivity index (χ3n) is 3.23. The molecule has 0 unspecified atom stereocenters. The molecule has 0 aliphatic heterocycles. The zero-order valence-corrected chi connectivity index (χ0v) is 13.2. The minimum absolute atomic E-state index is 0.720. The molecular formula is C19H27NO. The minimum atomic E-state index is 0.720. The Bertz CT molecular complexity index is 455. The molecule has 0 radical (unpaired) electrons. The maximum atomic E-state index is 5.93. The first-order chi connectivity index (χ1) is 10.2. The van der Waals surface area contributed by atoms with Crippen LogP contribution in [-0.2, 0) is 6.42 Å². The van der Waals surface area contributed by atoms with Gasteiger partial charge in [0.15, 0.2) is 0 Å². The molecule has 0 aliphatic carbocycles. The summed E-state index contributed by atoms with van der Waals surface area (Å²) >= 11 is 0. The Morgan fingerprint density at radius 3 is 2.43 bits per heavy atom. The van der Waals surface area contributed by atoms with Crippen LogP contribution >= 0.6 is 0 Å². The second-order valence-electron chi connectivity index (χ2n) is 5.14. The van der Waals surface area contributed by atoms with Crippen LogP contribution in [0, 0.1) is 6.92 Å². The summed E-state index contributed by atoms with van der Waals surface area (Å²) in [6.07, 6.45) is 7.59. The van der Waals surface area contributed by atoms with Gasteiger partial charge in [-0.2, -0.15) is 0 Å². The number of aryl methyl sites for hydroxylation is 1. The van der Waals surface area contributed by atoms with Crippen molar-refractivity contribution in [1.29, 1.82) is 0 Å². The fourth-order valence-electron chi connectivity index (χ4n) is 2.26. The van der Waals surface area contributed by atoms with Crippen LogP contribution in [0.1, 0.15) is 17.5 Å². The van der Waals surface area contributed by atoms with Gasteiger partial charge in [-0.05, 0) is 31.4 Å². The maximum absolute atomic E-state index is 5.93. The largest absolute Gasteiger partial charge is 0.493 e. The maximum Gasteiger partial charge on any atom is 0.122 e. The lowest BCUT2D eigenvalue weighted by Gasteiger charge is -2.19. The number of allylic oxidation sites excluding steroid dienone is 1. The quantitative estimate of drug-likeness (QED) is 0.447. The predicted molar refractivity (Wildman–Crippen MR) is 92.0 cm³/mol. The van der Waals surface area contributed by atoms with Gasteiger partial charge in [0.25, 0.3) is 0 Å². The van der Waals surface area contributed by atoms with Crippen molar-refractivity contribution in [3.63, 3.8) is 0 Å². The molecule has 1 aromatic rings. The number of hydrogen-bond donors (Lipinski definition) is 0. The molecule has 0 spiro atoms. The summed E-state index contributed by atoms with van der Waals surface area (Å²) in [5, 5.41) is 0. The van der Waals surface area contributed by atoms with Crippen molar-refractivity contribution in [3.8, 4) is 5.75 Å². The molecule has 0 aromatic heterocycles. The summed E-state index contributed by atoms with van der Waals surface area (Å²) in [5.41, 5.74) is 2.46. The Balaban J connectivity index is 2.46. The van der Waals surface area contributed by atoms with Gasteiger partial charge in [0.05, 0.1) is 6.61 Å². The van der Waals surface area contributed by atoms with E-state index in [2.05, 4.69) is 49.8 Å². The van der Waals surface area contributed by atoms with E-state index in [9.17, 15) is 0 Å². The molecule has 0 aliphatic rings. The molecule has 0 saturated heterocycles. The van der Waals surface area contributed by atoms with Crippen LogP contribution in [0.3, 0.4) is 0 Å². The number of ether oxygens (including phenoxy) is 1. The Hall–Kier alpha value is -1.80. The van der Waals surface area contributed by atoms with Gasteiger partial charge < -0.3 is 4.74 Å². The van der Waals surface area contributed by atoms with Gasteiger partial charge in [-0.15, -0.1) is 19.7 Å². The highest BCUT2D eigenvalue weighted by atomic mass is 16.5. The average Bonchev–Trinajstić information content (AvgIpc) is 2.46. The highest BCUT2D eigenvalue weighted by Crippen LogP contribution is 2.21. The van der Waals surface area contributed by atoms with Gasteiger partial charge in [-0.3, -0.25) is 4.90 Å². The summed E-state index contributed by atoms with van der Waals surface area (Å²) in [6.45, 7) is 16.9. The van der Waals surface area contributed by atoms with Crippen LogP contribution in [0.2, 0.25) is 0 Å². The van der Waals surface area contributed by atoms with Gasteiger partial charge in [0.2, 0.25) is 0 Å². The summed E-state index contributed by atoms with van der Waals surface area (Å²) in [4.78, 5) is 2.29. The van der Waals surface area contributed by atoms with E-state index in [1.165, 1.54) is 11.1 Å². The minimum Gasteiger partial charge on any atom is -0.493 e. The molecule has 2 heteroatoms. The van der Waals surface area contributed by atoms with E-state index in [4.69, 9.17) is 4.74 Å². The van der Waals surface area contributed by atoms with E-state index in [1.807, 2.05) is 18.2 Å². The molecule has 0 atom stereocenters. The molecule has 0 N–H and O–H groups in total. The van der Waals surface area contributed by atoms with E-state index < -0.39 is 0 Å². The first-order valence-electron chi connectivity index (χ1n) is 7.48. The highest BCUT2D eigenvalue weighted by molar-refractivity contribution is 5.38. The van der Waals surface area contributed by atoms with E-state index >= 15 is 0 Å². The molecule has 1 rings (SSSR count). The van der Waals surface area contributed by atoms with Gasteiger partial charge in [0.1, 0.15) is 5.75 Å². The fourth-order valence-corrected chi connectivity index (χ4v) is 2.26. The predicted octanol–water partition coefficient (Wildman–Crippen LogP) is 4.17. The van der Waals surface area contributed by atoms with E-state index in [0.717, 1.165) is 44.8 Å². The zero-order chi connectivity index (χ0) is 15.5. The number of rotatable bonds is 11. The standard InChI is InChI=1S/C19H27NO/c1-5-9-18-16-17(4)10-11-19(18)21-15-8-14-20(12-6-2)13-7-3/h5-7,10-11,16H,1-3,8-9,12-15H2,4H3. The van der Waals surface area contributed by atoms with E-state index in [1.54, 1.807) is 0 Å². The number of benzene rings is 1. The molecular weight excluding hydrogens is 258 g/mol. The molecule has 0 heterocycles. The second kappa shape index (κ2) is 10.0. The molecule has 21 heavy (non-hydrogen) atoms. The lowest BCUT2D eigenvalue weighted by Crippen LogP contribution is -2.26. The van der Waals surface area contributed by atoms with Crippen molar-refractivity contribution < 1.29 is 4.74 Å². The SMILES string of the molecule is C=CCc1cc(C)ccc1OCCCN(CC=C)CC=C. The fraction of sp³-hybridized carbons (Fsp3) is 0.368. The molecule has 0 amide bonds. The molecule has 0 bridgehead atoms. The van der Waals surface area contributed by atoms with Gasteiger partial charge in [0, 0.05) is 19.6 Å². The van der Waals surface area contributed by atoms with Crippen LogP contribution in [0.25, 0.3) is 0 Å². The summed E-state index contributed by atoms with van der Waals surface area (Å²) < 4.78 is 5.93. The highest BCUT2D eigenvalue weighted by Gasteiger charge is 2.04. The van der Waals surface area contributed by atoms with Crippen molar-refractivity contribution >= 4 is 0 Å². The Morgan fingerprint density at radius 1 is 1.10 bits per heavy atom. The van der Waals surface area contributed by atoms with Crippen LogP contribution in [0.5, 0.6) is 5.75 Å². The van der Waals surface area contributed by atoms with Crippen molar-refractivity contribution in [2.24, 2.45) is 0 Å². The molecule has 0 saturated carbocycles. The van der Waals surface area contributed by atoms with Crippen molar-refractivity contribution in [2.45, 2.75) is 19.8 Å². The Kier molecular flexibility index (Phi) is 8.22. The van der Waals surface area contributed by atoms with Gasteiger partial charge in [-0.1, -0.05) is 35.9 Å². The lowest BCUT2D eigenvalue weighted by atomic mass is 10.1. The summed E-state index contributed by atoms with van der Waals surface area (Å²) in [7, 11) is 0. The number of nitrogens with zero attached hydrogens (tertiary/aromatic N) is 1. The van der Waals surface area contributed by atoms with Crippen LogP contribution in [-0.4, -0.2) is 31.1 Å². The van der Waals surface area contributed by atoms with Crippen molar-refractivity contribution in [3.05, 3.63) is 67.3 Å². The zero-order valence-electron chi connectivity index (χ0n) is 13.2. The van der Waals surface area contributed by atoms with Gasteiger partial charge >= 0.3 is 0 Å². The average molecular weight is 285 g/mol. The Labute approximate surface area is 129 Å². The lowest BCUT2D eigenvalue weighted by molar-refractivity contribution is 0.261. The van der Waals surface area contributed by atoms with Gasteiger partial charge in [-0.25, -0.2) is 0 Å². The smallest absolute Gasteiger partial charge is 0.122 e. The van der Waals surface area contributed by atoms with Crippen LogP contribution in [0.15, 0.2) is 56.2 Å². The topological polar surface area (TPSA) is 12.5 Å². The third kappa shape index (κ3) is 6.46. The van der Waals surface area contributed by atoms with E-state index in [-0.39, 0.29) is 0 Å². The van der Waals surface area contributed by atoms with Crippen LogP contribution < -0.4 is 4.74 Å². The third-order valence-corrected chi connectivity index (χ3v) is 3.23. The normalized spacial score (nSPS) is 10.4. The first-order valence-corrected chi connectivity index (χ1v) is 7.48. The summed E-state index contributed by atoms with van der Waals surface area (Å²) in [6, 6.07) is 6.31. The molecule has 114 valence electrons. The first kappa shape index (κ1) is 17.3. The Morgan fingerprint density at radius 2 is 1.81 bits per heavy atom. The van der Waals surface area contributed by atoms with Crippen LogP contribution in [0.4, 0.5) is 0 Å². The van der Waals surface area contributed by atoms with Crippen molar-refractivity contribution in [2.75, 3.05) is 26.2 Å². The monoisotopic (exact) mass is 285 g/mol. The van der Waals surface area contributed by atoms with Crippen molar-refractivity contribution in [1.82, 2.24) is 4.90 Å². The molecule has 1 aromatic carbocycles. The molecule has 2 nitrogen and oxygen atoms in total. The molecule has 0 fully saturated rings. The van der Waals surface area contributed by atoms with E-state index in [0.29, 0.717) is 0 Å². The number of hydrogen-bond acceptors (Lipinski definition) is 2. The second-order valence-corrected chi connectivity index (χ2v) is 5.14. The summed E-state index contributed by atoms with van der Waals surface area (Å²) in [5.74, 6) is 0.972.